The fraction of sp³-hybridized carbons (Fsp3) is 0.267. The van der Waals surface area contributed by atoms with Gasteiger partial charge in [-0.2, -0.15) is 0 Å². The molecule has 1 unspecified atom stereocenters. The molecule has 0 aliphatic rings. The van der Waals surface area contributed by atoms with Crippen LogP contribution in [0.1, 0.15) is 22.7 Å². The maximum atomic E-state index is 6.34. The molecule has 1 atom stereocenters. The molecule has 4 heteroatoms. The van der Waals surface area contributed by atoms with Gasteiger partial charge in [-0.05, 0) is 30.2 Å². The van der Waals surface area contributed by atoms with Crippen LogP contribution in [0.5, 0.6) is 11.5 Å². The van der Waals surface area contributed by atoms with Crippen molar-refractivity contribution in [2.45, 2.75) is 13.0 Å². The summed E-state index contributed by atoms with van der Waals surface area (Å²) >= 11 is 0. The molecule has 0 saturated carbocycles. The first-order chi connectivity index (χ1) is 9.17. The zero-order valence-electron chi connectivity index (χ0n) is 11.4. The van der Waals surface area contributed by atoms with Crippen LogP contribution in [0, 0.1) is 6.92 Å². The predicted molar refractivity (Wildman–Crippen MR) is 74.6 cm³/mol. The van der Waals surface area contributed by atoms with Crippen LogP contribution in [-0.4, -0.2) is 19.2 Å². The standard InChI is InChI=1S/C15H18N2O2/c1-10-7-11(9-17-8-10)15(16)14-12(18-2)5-4-6-13(14)19-3/h4-9,15H,16H2,1-3H3. The third kappa shape index (κ3) is 2.69. The number of benzene rings is 1. The van der Waals surface area contributed by atoms with Crippen LogP contribution in [0.25, 0.3) is 0 Å². The van der Waals surface area contributed by atoms with Crippen LogP contribution in [-0.2, 0) is 0 Å². The van der Waals surface area contributed by atoms with Crippen LogP contribution in [0.15, 0.2) is 36.7 Å². The fourth-order valence-corrected chi connectivity index (χ4v) is 2.10. The Hall–Kier alpha value is -2.07. The summed E-state index contributed by atoms with van der Waals surface area (Å²) in [7, 11) is 3.25. The van der Waals surface area contributed by atoms with E-state index in [1.807, 2.05) is 31.2 Å². The highest BCUT2D eigenvalue weighted by Gasteiger charge is 2.19. The van der Waals surface area contributed by atoms with E-state index in [2.05, 4.69) is 4.98 Å². The maximum Gasteiger partial charge on any atom is 0.127 e. The van der Waals surface area contributed by atoms with Crippen molar-refractivity contribution in [2.75, 3.05) is 14.2 Å². The maximum absolute atomic E-state index is 6.34. The molecule has 0 bridgehead atoms. The number of aryl methyl sites for hydroxylation is 1. The van der Waals surface area contributed by atoms with Gasteiger partial charge in [-0.1, -0.05) is 12.1 Å². The van der Waals surface area contributed by atoms with E-state index in [1.54, 1.807) is 26.6 Å². The Kier molecular flexibility index (Phi) is 4.02. The number of nitrogens with two attached hydrogens (primary N) is 1. The molecule has 0 aliphatic carbocycles. The summed E-state index contributed by atoms with van der Waals surface area (Å²) in [5, 5.41) is 0. The Morgan fingerprint density at radius 2 is 1.74 bits per heavy atom. The average molecular weight is 258 g/mol. The summed E-state index contributed by atoms with van der Waals surface area (Å²) in [5.41, 5.74) is 9.18. The SMILES string of the molecule is COc1cccc(OC)c1C(N)c1cncc(C)c1. The summed E-state index contributed by atoms with van der Waals surface area (Å²) in [6.45, 7) is 1.99. The average Bonchev–Trinajstić information content (AvgIpc) is 2.45. The molecule has 0 aliphatic heterocycles. The molecule has 1 aromatic heterocycles. The smallest absolute Gasteiger partial charge is 0.127 e. The summed E-state index contributed by atoms with van der Waals surface area (Å²) in [6, 6.07) is 7.31. The van der Waals surface area contributed by atoms with Crippen molar-refractivity contribution < 1.29 is 9.47 Å². The van der Waals surface area contributed by atoms with Gasteiger partial charge < -0.3 is 15.2 Å². The van der Waals surface area contributed by atoms with Gasteiger partial charge in [-0.25, -0.2) is 0 Å². The van der Waals surface area contributed by atoms with Gasteiger partial charge in [0.05, 0.1) is 25.8 Å². The van der Waals surface area contributed by atoms with E-state index in [0.717, 1.165) is 16.7 Å². The molecular weight excluding hydrogens is 240 g/mol. The largest absolute Gasteiger partial charge is 0.496 e. The zero-order chi connectivity index (χ0) is 13.8. The van der Waals surface area contributed by atoms with Crippen LogP contribution in [0.3, 0.4) is 0 Å². The second-order valence-corrected chi connectivity index (χ2v) is 4.35. The molecule has 2 rings (SSSR count). The number of methoxy groups -OCH3 is 2. The first-order valence-corrected chi connectivity index (χ1v) is 6.05. The lowest BCUT2D eigenvalue weighted by atomic mass is 9.98. The lowest BCUT2D eigenvalue weighted by Gasteiger charge is -2.19. The number of ether oxygens (including phenoxy) is 2. The number of rotatable bonds is 4. The summed E-state index contributed by atoms with van der Waals surface area (Å²) in [5.74, 6) is 1.43. The van der Waals surface area contributed by atoms with Crippen LogP contribution in [0.2, 0.25) is 0 Å². The quantitative estimate of drug-likeness (QED) is 0.915. The molecule has 2 N–H and O–H groups in total. The van der Waals surface area contributed by atoms with Crippen molar-refractivity contribution in [1.82, 2.24) is 4.98 Å². The number of pyridine rings is 1. The van der Waals surface area contributed by atoms with Crippen LogP contribution >= 0.6 is 0 Å². The minimum absolute atomic E-state index is 0.335. The lowest BCUT2D eigenvalue weighted by molar-refractivity contribution is 0.382. The van der Waals surface area contributed by atoms with E-state index < -0.39 is 0 Å². The Balaban J connectivity index is 2.51. The zero-order valence-corrected chi connectivity index (χ0v) is 11.4. The van der Waals surface area contributed by atoms with Gasteiger partial charge in [0, 0.05) is 12.4 Å². The Bertz CT molecular complexity index is 548. The highest BCUT2D eigenvalue weighted by Crippen LogP contribution is 2.35. The normalized spacial score (nSPS) is 12.0. The number of hydrogen-bond acceptors (Lipinski definition) is 4. The third-order valence-corrected chi connectivity index (χ3v) is 3.03. The molecule has 0 fully saturated rings. The van der Waals surface area contributed by atoms with Gasteiger partial charge in [0.15, 0.2) is 0 Å². The van der Waals surface area contributed by atoms with Crippen molar-refractivity contribution in [1.29, 1.82) is 0 Å². The first kappa shape index (κ1) is 13.4. The molecule has 19 heavy (non-hydrogen) atoms. The second kappa shape index (κ2) is 5.71. The fourth-order valence-electron chi connectivity index (χ4n) is 2.10. The van der Waals surface area contributed by atoms with E-state index >= 15 is 0 Å². The van der Waals surface area contributed by atoms with Gasteiger partial charge in [-0.3, -0.25) is 4.98 Å². The van der Waals surface area contributed by atoms with Crippen molar-refractivity contribution in [3.05, 3.63) is 53.3 Å². The van der Waals surface area contributed by atoms with E-state index in [4.69, 9.17) is 15.2 Å². The van der Waals surface area contributed by atoms with E-state index in [9.17, 15) is 0 Å². The number of hydrogen-bond donors (Lipinski definition) is 1. The molecule has 0 saturated heterocycles. The van der Waals surface area contributed by atoms with Crippen molar-refractivity contribution >= 4 is 0 Å². The number of nitrogens with zero attached hydrogens (tertiary/aromatic N) is 1. The van der Waals surface area contributed by atoms with Crippen LogP contribution < -0.4 is 15.2 Å². The number of aromatic nitrogens is 1. The first-order valence-electron chi connectivity index (χ1n) is 6.05. The Morgan fingerprint density at radius 3 is 2.26 bits per heavy atom. The molecule has 2 aromatic rings. The van der Waals surface area contributed by atoms with Gasteiger partial charge in [0.2, 0.25) is 0 Å². The van der Waals surface area contributed by atoms with Crippen molar-refractivity contribution in [2.24, 2.45) is 5.73 Å². The minimum Gasteiger partial charge on any atom is -0.496 e. The highest BCUT2D eigenvalue weighted by molar-refractivity contribution is 5.50. The monoisotopic (exact) mass is 258 g/mol. The predicted octanol–water partition coefficient (Wildman–Crippen LogP) is 2.46. The molecule has 4 nitrogen and oxygen atoms in total. The van der Waals surface area contributed by atoms with E-state index in [0.29, 0.717) is 11.5 Å². The van der Waals surface area contributed by atoms with E-state index in [1.165, 1.54) is 0 Å². The van der Waals surface area contributed by atoms with Gasteiger partial charge >= 0.3 is 0 Å². The second-order valence-electron chi connectivity index (χ2n) is 4.35. The van der Waals surface area contributed by atoms with Crippen LogP contribution in [0.4, 0.5) is 0 Å². The lowest BCUT2D eigenvalue weighted by Crippen LogP contribution is -2.14. The summed E-state index contributed by atoms with van der Waals surface area (Å²) in [4.78, 5) is 4.18. The topological polar surface area (TPSA) is 57.4 Å². The molecule has 1 aromatic carbocycles. The van der Waals surface area contributed by atoms with Gasteiger partial charge in [0.25, 0.3) is 0 Å². The van der Waals surface area contributed by atoms with Crippen molar-refractivity contribution in [3.8, 4) is 11.5 Å². The Labute approximate surface area is 113 Å². The van der Waals surface area contributed by atoms with Gasteiger partial charge in [0.1, 0.15) is 11.5 Å². The molecule has 0 spiro atoms. The molecule has 0 radical (unpaired) electrons. The van der Waals surface area contributed by atoms with Gasteiger partial charge in [-0.15, -0.1) is 0 Å². The molecule has 100 valence electrons. The third-order valence-electron chi connectivity index (χ3n) is 3.03. The molecule has 1 heterocycles. The molecular formula is C15H18N2O2. The summed E-state index contributed by atoms with van der Waals surface area (Å²) < 4.78 is 10.8. The summed E-state index contributed by atoms with van der Waals surface area (Å²) in [6.07, 6.45) is 3.57. The minimum atomic E-state index is -0.335. The van der Waals surface area contributed by atoms with E-state index in [-0.39, 0.29) is 6.04 Å². The highest BCUT2D eigenvalue weighted by atomic mass is 16.5. The Morgan fingerprint density at radius 1 is 1.11 bits per heavy atom. The van der Waals surface area contributed by atoms with Crippen molar-refractivity contribution in [3.63, 3.8) is 0 Å². The molecule has 0 amide bonds.